The van der Waals surface area contributed by atoms with Crippen LogP contribution in [0.2, 0.25) is 0 Å². The normalized spacial score (nSPS) is 12.7. The van der Waals surface area contributed by atoms with Gasteiger partial charge in [-0.3, -0.25) is 0 Å². The highest BCUT2D eigenvalue weighted by Crippen LogP contribution is 2.19. The quantitative estimate of drug-likeness (QED) is 0.578. The summed E-state index contributed by atoms with van der Waals surface area (Å²) in [6, 6.07) is 7.44. The van der Waals surface area contributed by atoms with Crippen LogP contribution < -0.4 is 5.73 Å². The van der Waals surface area contributed by atoms with Crippen molar-refractivity contribution in [2.45, 2.75) is 25.9 Å². The number of unbranched alkanes of at least 4 members (excludes halogenated alkanes) is 1. The van der Waals surface area contributed by atoms with E-state index in [1.165, 1.54) is 12.8 Å². The number of thioether (sulfide) groups is 1. The summed E-state index contributed by atoms with van der Waals surface area (Å²) in [5.74, 6) is 1.90. The fourth-order valence-electron chi connectivity index (χ4n) is 1.26. The maximum Gasteiger partial charge on any atom is 0.0880 e. The van der Waals surface area contributed by atoms with Crippen LogP contribution in [0.15, 0.2) is 24.3 Å². The van der Waals surface area contributed by atoms with Gasteiger partial charge < -0.3 is 10.8 Å². The minimum atomic E-state index is -0.368. The van der Waals surface area contributed by atoms with Crippen LogP contribution in [-0.4, -0.2) is 16.6 Å². The van der Waals surface area contributed by atoms with Crippen molar-refractivity contribution in [1.82, 2.24) is 0 Å². The van der Waals surface area contributed by atoms with E-state index in [2.05, 4.69) is 6.92 Å². The Balaban J connectivity index is 2.33. The number of rotatable bonds is 6. The molecule has 3 heteroatoms. The van der Waals surface area contributed by atoms with Crippen molar-refractivity contribution >= 4 is 17.4 Å². The smallest absolute Gasteiger partial charge is 0.0880 e. The summed E-state index contributed by atoms with van der Waals surface area (Å²) >= 11 is 1.80. The molecule has 0 aliphatic rings. The Labute approximate surface area is 95.9 Å². The highest BCUT2D eigenvalue weighted by atomic mass is 32.2. The van der Waals surface area contributed by atoms with Gasteiger partial charge in [0.15, 0.2) is 0 Å². The second-order valence-electron chi connectivity index (χ2n) is 3.61. The molecule has 1 aromatic rings. The zero-order valence-corrected chi connectivity index (χ0v) is 9.96. The zero-order chi connectivity index (χ0) is 11.1. The van der Waals surface area contributed by atoms with E-state index >= 15 is 0 Å². The first-order valence-electron chi connectivity index (χ1n) is 5.35. The predicted octanol–water partition coefficient (Wildman–Crippen LogP) is 2.84. The standard InChI is InChI=1S/C12H19NOS/c1-2-3-8-15-9-12(14)10-4-6-11(13)7-5-10/h4-7,12,14H,2-3,8-9,13H2,1H3. The Bertz CT molecular complexity index is 273. The van der Waals surface area contributed by atoms with Gasteiger partial charge in [-0.2, -0.15) is 11.8 Å². The Morgan fingerprint density at radius 2 is 2.00 bits per heavy atom. The summed E-state index contributed by atoms with van der Waals surface area (Å²) in [7, 11) is 0. The van der Waals surface area contributed by atoms with Crippen LogP contribution in [-0.2, 0) is 0 Å². The topological polar surface area (TPSA) is 46.2 Å². The summed E-state index contributed by atoms with van der Waals surface area (Å²) in [6.07, 6.45) is 2.07. The number of hydrogen-bond donors (Lipinski definition) is 2. The van der Waals surface area contributed by atoms with E-state index < -0.39 is 0 Å². The third-order valence-electron chi connectivity index (χ3n) is 2.24. The lowest BCUT2D eigenvalue weighted by Crippen LogP contribution is -2.01. The molecule has 0 aromatic heterocycles. The number of anilines is 1. The van der Waals surface area contributed by atoms with Gasteiger partial charge in [-0.1, -0.05) is 25.5 Å². The fourth-order valence-corrected chi connectivity index (χ4v) is 2.33. The monoisotopic (exact) mass is 225 g/mol. The van der Waals surface area contributed by atoms with Crippen molar-refractivity contribution in [3.05, 3.63) is 29.8 Å². The van der Waals surface area contributed by atoms with Crippen LogP contribution in [0.25, 0.3) is 0 Å². The first-order valence-corrected chi connectivity index (χ1v) is 6.50. The Hall–Kier alpha value is -0.670. The van der Waals surface area contributed by atoms with Gasteiger partial charge in [0.05, 0.1) is 6.10 Å². The molecule has 0 amide bonds. The highest BCUT2D eigenvalue weighted by molar-refractivity contribution is 7.99. The number of aliphatic hydroxyl groups is 1. The van der Waals surface area contributed by atoms with Crippen LogP contribution in [0, 0.1) is 0 Å². The third-order valence-corrected chi connectivity index (χ3v) is 3.37. The molecular formula is C12H19NOS. The molecule has 1 aromatic carbocycles. The van der Waals surface area contributed by atoms with E-state index in [0.717, 1.165) is 22.8 Å². The molecule has 0 saturated carbocycles. The van der Waals surface area contributed by atoms with Gasteiger partial charge in [-0.25, -0.2) is 0 Å². The minimum absolute atomic E-state index is 0.368. The van der Waals surface area contributed by atoms with Crippen LogP contribution in [0.5, 0.6) is 0 Å². The molecule has 84 valence electrons. The molecule has 0 saturated heterocycles. The average Bonchev–Trinajstić information content (AvgIpc) is 2.25. The molecule has 0 bridgehead atoms. The van der Waals surface area contributed by atoms with Crippen molar-refractivity contribution < 1.29 is 5.11 Å². The van der Waals surface area contributed by atoms with Crippen LogP contribution >= 0.6 is 11.8 Å². The predicted molar refractivity (Wildman–Crippen MR) is 68.0 cm³/mol. The zero-order valence-electron chi connectivity index (χ0n) is 9.15. The van der Waals surface area contributed by atoms with Gasteiger partial charge in [-0.05, 0) is 29.9 Å². The summed E-state index contributed by atoms with van der Waals surface area (Å²) in [5, 5.41) is 9.85. The molecule has 0 radical (unpaired) electrons. The molecule has 0 heterocycles. The molecule has 0 aliphatic carbocycles. The second-order valence-corrected chi connectivity index (χ2v) is 4.76. The number of nitrogen functional groups attached to an aromatic ring is 1. The van der Waals surface area contributed by atoms with Crippen molar-refractivity contribution in [2.24, 2.45) is 0 Å². The van der Waals surface area contributed by atoms with E-state index in [1.54, 1.807) is 11.8 Å². The fraction of sp³-hybridized carbons (Fsp3) is 0.500. The Morgan fingerprint density at radius 1 is 1.33 bits per heavy atom. The van der Waals surface area contributed by atoms with E-state index in [1.807, 2.05) is 24.3 Å². The maximum atomic E-state index is 9.85. The lowest BCUT2D eigenvalue weighted by molar-refractivity contribution is 0.204. The SMILES string of the molecule is CCCCSCC(O)c1ccc(N)cc1. The van der Waals surface area contributed by atoms with Gasteiger partial charge in [-0.15, -0.1) is 0 Å². The van der Waals surface area contributed by atoms with Crippen molar-refractivity contribution in [1.29, 1.82) is 0 Å². The molecule has 2 nitrogen and oxygen atoms in total. The van der Waals surface area contributed by atoms with Gasteiger partial charge in [0, 0.05) is 11.4 Å². The lowest BCUT2D eigenvalue weighted by atomic mass is 10.1. The van der Waals surface area contributed by atoms with E-state index in [4.69, 9.17) is 5.73 Å². The molecule has 0 aliphatic heterocycles. The molecule has 3 N–H and O–H groups in total. The number of nitrogens with two attached hydrogens (primary N) is 1. The van der Waals surface area contributed by atoms with Crippen LogP contribution in [0.3, 0.4) is 0 Å². The first-order chi connectivity index (χ1) is 7.24. The summed E-state index contributed by atoms with van der Waals surface area (Å²) in [4.78, 5) is 0. The molecule has 1 unspecified atom stereocenters. The van der Waals surface area contributed by atoms with Crippen molar-refractivity contribution in [2.75, 3.05) is 17.2 Å². The van der Waals surface area contributed by atoms with Gasteiger partial charge in [0.25, 0.3) is 0 Å². The first kappa shape index (κ1) is 12.4. The third kappa shape index (κ3) is 4.58. The summed E-state index contributed by atoms with van der Waals surface area (Å²) < 4.78 is 0. The molecule has 1 atom stereocenters. The second kappa shape index (κ2) is 6.75. The maximum absolute atomic E-state index is 9.85. The largest absolute Gasteiger partial charge is 0.399 e. The van der Waals surface area contributed by atoms with Crippen LogP contribution in [0.4, 0.5) is 5.69 Å². The molecule has 15 heavy (non-hydrogen) atoms. The Morgan fingerprint density at radius 3 is 2.60 bits per heavy atom. The number of hydrogen-bond acceptors (Lipinski definition) is 3. The number of benzene rings is 1. The lowest BCUT2D eigenvalue weighted by Gasteiger charge is -2.10. The molecule has 1 rings (SSSR count). The van der Waals surface area contributed by atoms with Crippen molar-refractivity contribution in [3.63, 3.8) is 0 Å². The van der Waals surface area contributed by atoms with Crippen molar-refractivity contribution in [3.8, 4) is 0 Å². The highest BCUT2D eigenvalue weighted by Gasteiger charge is 2.06. The minimum Gasteiger partial charge on any atom is -0.399 e. The summed E-state index contributed by atoms with van der Waals surface area (Å²) in [6.45, 7) is 2.18. The summed E-state index contributed by atoms with van der Waals surface area (Å²) in [5.41, 5.74) is 7.27. The van der Waals surface area contributed by atoms with Gasteiger partial charge in [0.1, 0.15) is 0 Å². The Kier molecular flexibility index (Phi) is 5.58. The van der Waals surface area contributed by atoms with Gasteiger partial charge >= 0.3 is 0 Å². The van der Waals surface area contributed by atoms with E-state index in [0.29, 0.717) is 0 Å². The number of aliphatic hydroxyl groups excluding tert-OH is 1. The molecule has 0 fully saturated rings. The molecular weight excluding hydrogens is 206 g/mol. The van der Waals surface area contributed by atoms with E-state index in [9.17, 15) is 5.11 Å². The van der Waals surface area contributed by atoms with Crippen LogP contribution in [0.1, 0.15) is 31.4 Å². The van der Waals surface area contributed by atoms with E-state index in [-0.39, 0.29) is 6.10 Å². The van der Waals surface area contributed by atoms with Gasteiger partial charge in [0.2, 0.25) is 0 Å². The molecule has 0 spiro atoms. The average molecular weight is 225 g/mol.